The first-order valence-electron chi connectivity index (χ1n) is 5.83. The minimum Gasteiger partial charge on any atom is -0.258 e. The van der Waals surface area contributed by atoms with Gasteiger partial charge in [-0.15, -0.1) is 0 Å². The molecule has 21 heavy (non-hydrogen) atoms. The molecule has 2 rings (SSSR count). The second kappa shape index (κ2) is 6.40. The van der Waals surface area contributed by atoms with Gasteiger partial charge in [-0.05, 0) is 29.8 Å². The fourth-order valence-corrected chi connectivity index (χ4v) is 2.11. The van der Waals surface area contributed by atoms with Crippen LogP contribution in [0, 0.1) is 21.4 Å². The zero-order valence-electron chi connectivity index (χ0n) is 10.6. The van der Waals surface area contributed by atoms with E-state index in [4.69, 9.17) is 23.2 Å². The minimum absolute atomic E-state index is 0.120. The van der Waals surface area contributed by atoms with Crippen molar-refractivity contribution in [2.45, 2.75) is 0 Å². The molecule has 0 radical (unpaired) electrons. The maximum atomic E-state index is 11.0. The van der Waals surface area contributed by atoms with Crippen molar-refractivity contribution in [3.63, 3.8) is 0 Å². The Labute approximate surface area is 131 Å². The monoisotopic (exact) mass is 318 g/mol. The van der Waals surface area contributed by atoms with Gasteiger partial charge in [0.15, 0.2) is 0 Å². The number of hydrogen-bond donors (Lipinski definition) is 0. The summed E-state index contributed by atoms with van der Waals surface area (Å²) in [6.07, 6.45) is 1.53. The van der Waals surface area contributed by atoms with Crippen molar-refractivity contribution in [3.05, 3.63) is 73.8 Å². The number of halogens is 2. The predicted octanol–water partition coefficient (Wildman–Crippen LogP) is 4.97. The number of rotatable bonds is 3. The van der Waals surface area contributed by atoms with Gasteiger partial charge in [0, 0.05) is 6.07 Å². The first-order valence-corrected chi connectivity index (χ1v) is 6.59. The maximum Gasteiger partial charge on any atom is 0.277 e. The summed E-state index contributed by atoms with van der Waals surface area (Å²) in [5.41, 5.74) is 0.959. The van der Waals surface area contributed by atoms with Gasteiger partial charge < -0.3 is 0 Å². The molecule has 0 heterocycles. The van der Waals surface area contributed by atoms with E-state index < -0.39 is 4.92 Å². The number of hydrogen-bond acceptors (Lipinski definition) is 3. The first kappa shape index (κ1) is 15.0. The molecule has 0 bridgehead atoms. The van der Waals surface area contributed by atoms with Crippen molar-refractivity contribution in [1.82, 2.24) is 0 Å². The normalized spacial score (nSPS) is 11.0. The molecule has 0 aliphatic carbocycles. The van der Waals surface area contributed by atoms with Gasteiger partial charge in [-0.1, -0.05) is 41.4 Å². The first-order chi connectivity index (χ1) is 10.0. The van der Waals surface area contributed by atoms with Crippen LogP contribution in [0.15, 0.2) is 42.5 Å². The molecule has 2 aromatic carbocycles. The fraction of sp³-hybridized carbons (Fsp3) is 0. The highest BCUT2D eigenvalue weighted by Gasteiger charge is 2.16. The Morgan fingerprint density at radius 3 is 2.52 bits per heavy atom. The Morgan fingerprint density at radius 2 is 1.90 bits per heavy atom. The van der Waals surface area contributed by atoms with Crippen LogP contribution < -0.4 is 0 Å². The number of nitro benzene ring substituents is 1. The SMILES string of the molecule is N#C/C(=C\c1ccc(Cl)c(Cl)c1)c1ccccc1[N+](=O)[O-]. The standard InChI is InChI=1S/C15H8Cl2N2O2/c16-13-6-5-10(8-14(13)17)7-11(9-18)12-3-1-2-4-15(12)19(20)21/h1-8H/b11-7+. The minimum atomic E-state index is -0.518. The van der Waals surface area contributed by atoms with E-state index in [2.05, 4.69) is 0 Å². The number of nitrogens with zero attached hydrogens (tertiary/aromatic N) is 2. The molecule has 0 unspecified atom stereocenters. The third-order valence-corrected chi connectivity index (χ3v) is 3.51. The Morgan fingerprint density at radius 1 is 1.19 bits per heavy atom. The molecular weight excluding hydrogens is 311 g/mol. The summed E-state index contributed by atoms with van der Waals surface area (Å²) in [5.74, 6) is 0. The average Bonchev–Trinajstić information content (AvgIpc) is 2.48. The van der Waals surface area contributed by atoms with E-state index in [0.29, 0.717) is 15.6 Å². The molecular formula is C15H8Cl2N2O2. The van der Waals surface area contributed by atoms with Gasteiger partial charge in [-0.3, -0.25) is 10.1 Å². The molecule has 0 atom stereocenters. The molecule has 4 nitrogen and oxygen atoms in total. The molecule has 0 aromatic heterocycles. The molecule has 0 spiro atoms. The van der Waals surface area contributed by atoms with E-state index >= 15 is 0 Å². The van der Waals surface area contributed by atoms with Crippen molar-refractivity contribution in [3.8, 4) is 6.07 Å². The predicted molar refractivity (Wildman–Crippen MR) is 83.0 cm³/mol. The molecule has 0 saturated carbocycles. The quantitative estimate of drug-likeness (QED) is 0.347. The zero-order chi connectivity index (χ0) is 15.4. The van der Waals surface area contributed by atoms with Crippen molar-refractivity contribution < 1.29 is 4.92 Å². The van der Waals surface area contributed by atoms with Gasteiger partial charge in [0.25, 0.3) is 5.69 Å². The fourth-order valence-electron chi connectivity index (χ4n) is 1.80. The summed E-state index contributed by atoms with van der Waals surface area (Å²) in [4.78, 5) is 10.5. The lowest BCUT2D eigenvalue weighted by Crippen LogP contribution is -1.93. The topological polar surface area (TPSA) is 66.9 Å². The van der Waals surface area contributed by atoms with Gasteiger partial charge in [-0.2, -0.15) is 5.26 Å². The van der Waals surface area contributed by atoms with Crippen LogP contribution in [0.3, 0.4) is 0 Å². The average molecular weight is 319 g/mol. The van der Waals surface area contributed by atoms with Crippen molar-refractivity contribution in [2.24, 2.45) is 0 Å². The van der Waals surface area contributed by atoms with E-state index in [1.54, 1.807) is 30.3 Å². The third-order valence-electron chi connectivity index (χ3n) is 2.77. The molecule has 0 saturated heterocycles. The van der Waals surface area contributed by atoms with Crippen LogP contribution in [0.2, 0.25) is 10.0 Å². The van der Waals surface area contributed by atoms with Crippen molar-refractivity contribution >= 4 is 40.5 Å². The Kier molecular flexibility index (Phi) is 4.59. The second-order valence-corrected chi connectivity index (χ2v) is 4.93. The lowest BCUT2D eigenvalue weighted by Gasteiger charge is -2.02. The van der Waals surface area contributed by atoms with Gasteiger partial charge in [-0.25, -0.2) is 0 Å². The maximum absolute atomic E-state index is 11.0. The van der Waals surface area contributed by atoms with E-state index in [1.807, 2.05) is 6.07 Å². The Hall–Kier alpha value is -2.35. The Bertz CT molecular complexity index is 779. The van der Waals surface area contributed by atoms with Crippen LogP contribution in [0.4, 0.5) is 5.69 Å². The summed E-state index contributed by atoms with van der Waals surface area (Å²) in [5, 5.41) is 21.0. The number of benzene rings is 2. The summed E-state index contributed by atoms with van der Waals surface area (Å²) in [6.45, 7) is 0. The van der Waals surface area contributed by atoms with E-state index in [0.717, 1.165) is 0 Å². The largest absolute Gasteiger partial charge is 0.277 e. The van der Waals surface area contributed by atoms with Crippen molar-refractivity contribution in [1.29, 1.82) is 5.26 Å². The number of para-hydroxylation sites is 1. The van der Waals surface area contributed by atoms with Gasteiger partial charge in [0.2, 0.25) is 0 Å². The van der Waals surface area contributed by atoms with E-state index in [9.17, 15) is 15.4 Å². The van der Waals surface area contributed by atoms with Gasteiger partial charge >= 0.3 is 0 Å². The number of allylic oxidation sites excluding steroid dienone is 1. The van der Waals surface area contributed by atoms with Crippen molar-refractivity contribution in [2.75, 3.05) is 0 Å². The smallest absolute Gasteiger partial charge is 0.258 e. The van der Waals surface area contributed by atoms with E-state index in [-0.39, 0.29) is 16.8 Å². The van der Waals surface area contributed by atoms with Crippen LogP contribution in [0.1, 0.15) is 11.1 Å². The number of nitriles is 1. The Balaban J connectivity index is 2.54. The zero-order valence-corrected chi connectivity index (χ0v) is 12.1. The van der Waals surface area contributed by atoms with Crippen LogP contribution in [0.25, 0.3) is 11.6 Å². The molecule has 0 N–H and O–H groups in total. The molecule has 104 valence electrons. The van der Waals surface area contributed by atoms with Crippen LogP contribution >= 0.6 is 23.2 Å². The molecule has 0 fully saturated rings. The summed E-state index contributed by atoms with van der Waals surface area (Å²) < 4.78 is 0. The highest BCUT2D eigenvalue weighted by atomic mass is 35.5. The van der Waals surface area contributed by atoms with Gasteiger partial charge in [0.1, 0.15) is 6.07 Å². The van der Waals surface area contributed by atoms with Crippen LogP contribution in [0.5, 0.6) is 0 Å². The van der Waals surface area contributed by atoms with E-state index in [1.165, 1.54) is 18.2 Å². The molecule has 0 aliphatic rings. The molecule has 2 aromatic rings. The summed E-state index contributed by atoms with van der Waals surface area (Å²) in [7, 11) is 0. The lowest BCUT2D eigenvalue weighted by molar-refractivity contribution is -0.385. The highest BCUT2D eigenvalue weighted by Crippen LogP contribution is 2.29. The second-order valence-electron chi connectivity index (χ2n) is 4.12. The summed E-state index contributed by atoms with van der Waals surface area (Å²) >= 11 is 11.7. The van der Waals surface area contributed by atoms with Crippen LogP contribution in [-0.4, -0.2) is 4.92 Å². The third kappa shape index (κ3) is 3.40. The summed E-state index contributed by atoms with van der Waals surface area (Å²) in [6, 6.07) is 12.9. The highest BCUT2D eigenvalue weighted by molar-refractivity contribution is 6.42. The molecule has 0 aliphatic heterocycles. The molecule has 6 heteroatoms. The lowest BCUT2D eigenvalue weighted by atomic mass is 10.0. The van der Waals surface area contributed by atoms with Crippen LogP contribution in [-0.2, 0) is 0 Å². The number of nitro groups is 1. The molecule has 0 amide bonds. The van der Waals surface area contributed by atoms with Gasteiger partial charge in [0.05, 0.1) is 26.1 Å².